The van der Waals surface area contributed by atoms with Crippen LogP contribution in [0, 0.1) is 12.8 Å². The number of hydrogen-bond acceptors (Lipinski definition) is 3. The molecule has 0 bridgehead atoms. The van der Waals surface area contributed by atoms with Gasteiger partial charge in [0.05, 0.1) is 30.6 Å². The van der Waals surface area contributed by atoms with Crippen molar-refractivity contribution in [2.75, 3.05) is 6.61 Å². The largest absolute Gasteiger partial charge is 0.493 e. The standard InChI is InChI=1S/C21H23F3N4O2/c1-3-27-12-16(9-25-27)11-26-10-14(2)28(20(26)29)18-6-17(21(22,23)24)7-19(8-18)30-13-15-4-5-15/h6-10,12,15H,3-5,11,13H2,1-2H3. The molecule has 0 amide bonds. The fraction of sp³-hybridized carbons (Fsp3) is 0.429. The zero-order valence-electron chi connectivity index (χ0n) is 16.8. The molecular formula is C21H23F3N4O2. The Morgan fingerprint density at radius 1 is 1.20 bits per heavy atom. The van der Waals surface area contributed by atoms with Crippen LogP contribution in [0.3, 0.4) is 0 Å². The number of rotatable bonds is 7. The summed E-state index contributed by atoms with van der Waals surface area (Å²) in [6, 6.07) is 3.46. The smallest absolute Gasteiger partial charge is 0.416 e. The van der Waals surface area contributed by atoms with Gasteiger partial charge in [0.1, 0.15) is 5.75 Å². The summed E-state index contributed by atoms with van der Waals surface area (Å²) >= 11 is 0. The molecule has 30 heavy (non-hydrogen) atoms. The summed E-state index contributed by atoms with van der Waals surface area (Å²) in [7, 11) is 0. The van der Waals surface area contributed by atoms with E-state index in [1.54, 1.807) is 24.0 Å². The van der Waals surface area contributed by atoms with Gasteiger partial charge in [0, 0.05) is 36.3 Å². The van der Waals surface area contributed by atoms with Crippen LogP contribution in [0.1, 0.15) is 36.6 Å². The van der Waals surface area contributed by atoms with E-state index in [2.05, 4.69) is 5.10 Å². The molecule has 3 aromatic rings. The molecular weight excluding hydrogens is 397 g/mol. The molecule has 0 N–H and O–H groups in total. The van der Waals surface area contributed by atoms with Crippen molar-refractivity contribution in [2.24, 2.45) is 5.92 Å². The highest BCUT2D eigenvalue weighted by molar-refractivity contribution is 5.45. The summed E-state index contributed by atoms with van der Waals surface area (Å²) in [5.41, 5.74) is 0.267. The first-order valence-electron chi connectivity index (χ1n) is 9.90. The lowest BCUT2D eigenvalue weighted by Crippen LogP contribution is -2.24. The van der Waals surface area contributed by atoms with E-state index in [1.165, 1.54) is 15.2 Å². The number of aryl methyl sites for hydroxylation is 2. The lowest BCUT2D eigenvalue weighted by atomic mass is 10.1. The van der Waals surface area contributed by atoms with Gasteiger partial charge in [-0.15, -0.1) is 0 Å². The predicted octanol–water partition coefficient (Wildman–Crippen LogP) is 4.02. The van der Waals surface area contributed by atoms with Crippen molar-refractivity contribution in [3.63, 3.8) is 0 Å². The van der Waals surface area contributed by atoms with Crippen LogP contribution < -0.4 is 10.4 Å². The molecule has 1 fully saturated rings. The van der Waals surface area contributed by atoms with E-state index >= 15 is 0 Å². The normalized spacial score (nSPS) is 14.3. The third kappa shape index (κ3) is 4.29. The van der Waals surface area contributed by atoms with Crippen molar-refractivity contribution in [1.29, 1.82) is 0 Å². The highest BCUT2D eigenvalue weighted by Gasteiger charge is 2.32. The molecule has 1 saturated carbocycles. The number of aromatic nitrogens is 4. The first-order valence-corrected chi connectivity index (χ1v) is 9.90. The van der Waals surface area contributed by atoms with Gasteiger partial charge in [-0.2, -0.15) is 18.3 Å². The first-order chi connectivity index (χ1) is 14.2. The maximum atomic E-state index is 13.4. The zero-order chi connectivity index (χ0) is 21.5. The molecule has 1 aromatic carbocycles. The van der Waals surface area contributed by atoms with Gasteiger partial charge in [0.25, 0.3) is 0 Å². The van der Waals surface area contributed by atoms with Gasteiger partial charge in [-0.05, 0) is 44.7 Å². The number of ether oxygens (including phenoxy) is 1. The van der Waals surface area contributed by atoms with Gasteiger partial charge in [0.2, 0.25) is 0 Å². The van der Waals surface area contributed by atoms with Gasteiger partial charge < -0.3 is 4.74 Å². The fourth-order valence-electron chi connectivity index (χ4n) is 3.36. The maximum Gasteiger partial charge on any atom is 0.416 e. The summed E-state index contributed by atoms with van der Waals surface area (Å²) < 4.78 is 50.4. The van der Waals surface area contributed by atoms with Gasteiger partial charge in [0.15, 0.2) is 0 Å². The van der Waals surface area contributed by atoms with E-state index in [0.29, 0.717) is 24.8 Å². The molecule has 160 valence electrons. The van der Waals surface area contributed by atoms with Crippen LogP contribution in [-0.2, 0) is 19.3 Å². The molecule has 0 aliphatic heterocycles. The summed E-state index contributed by atoms with van der Waals surface area (Å²) in [4.78, 5) is 13.0. The molecule has 0 saturated heterocycles. The van der Waals surface area contributed by atoms with Crippen molar-refractivity contribution in [2.45, 2.75) is 46.0 Å². The molecule has 0 atom stereocenters. The Morgan fingerprint density at radius 3 is 2.60 bits per heavy atom. The molecule has 1 aliphatic carbocycles. The highest BCUT2D eigenvalue weighted by Crippen LogP contribution is 2.35. The van der Waals surface area contributed by atoms with E-state index in [1.807, 2.05) is 13.1 Å². The Kier molecular flexibility index (Phi) is 5.21. The Bertz CT molecular complexity index is 1110. The first kappa shape index (κ1) is 20.3. The second-order valence-corrected chi connectivity index (χ2v) is 7.69. The lowest BCUT2D eigenvalue weighted by Gasteiger charge is -2.14. The van der Waals surface area contributed by atoms with Crippen molar-refractivity contribution >= 4 is 0 Å². The third-order valence-corrected chi connectivity index (χ3v) is 5.16. The Hall–Kier alpha value is -2.97. The number of alkyl halides is 3. The quantitative estimate of drug-likeness (QED) is 0.580. The van der Waals surface area contributed by atoms with E-state index in [0.717, 1.165) is 30.5 Å². The Labute approximate surface area is 171 Å². The van der Waals surface area contributed by atoms with Crippen LogP contribution in [0.25, 0.3) is 5.69 Å². The molecule has 0 spiro atoms. The second-order valence-electron chi connectivity index (χ2n) is 7.69. The lowest BCUT2D eigenvalue weighted by molar-refractivity contribution is -0.137. The predicted molar refractivity (Wildman–Crippen MR) is 105 cm³/mol. The van der Waals surface area contributed by atoms with Crippen molar-refractivity contribution in [3.8, 4) is 11.4 Å². The van der Waals surface area contributed by atoms with Gasteiger partial charge >= 0.3 is 11.9 Å². The number of benzene rings is 1. The monoisotopic (exact) mass is 420 g/mol. The highest BCUT2D eigenvalue weighted by atomic mass is 19.4. The Balaban J connectivity index is 1.70. The average molecular weight is 420 g/mol. The topological polar surface area (TPSA) is 54.0 Å². The molecule has 0 unspecified atom stereocenters. The van der Waals surface area contributed by atoms with Gasteiger partial charge in [-0.25, -0.2) is 4.79 Å². The SMILES string of the molecule is CCn1cc(Cn2cc(C)n(-c3cc(OCC4CC4)cc(C(F)(F)F)c3)c2=O)cn1. The van der Waals surface area contributed by atoms with Crippen LogP contribution in [0.5, 0.6) is 5.75 Å². The van der Waals surface area contributed by atoms with Crippen molar-refractivity contribution in [1.82, 2.24) is 18.9 Å². The molecule has 1 aliphatic rings. The van der Waals surface area contributed by atoms with E-state index in [9.17, 15) is 18.0 Å². The summed E-state index contributed by atoms with van der Waals surface area (Å²) in [6.45, 7) is 5.04. The molecule has 4 rings (SSSR count). The van der Waals surface area contributed by atoms with Crippen LogP contribution in [0.15, 0.2) is 41.6 Å². The number of imidazole rings is 1. The summed E-state index contributed by atoms with van der Waals surface area (Å²) in [6.07, 6.45) is 2.67. The van der Waals surface area contributed by atoms with Crippen LogP contribution in [0.2, 0.25) is 0 Å². The zero-order valence-corrected chi connectivity index (χ0v) is 16.8. The molecule has 2 aromatic heterocycles. The fourth-order valence-corrected chi connectivity index (χ4v) is 3.36. The van der Waals surface area contributed by atoms with Gasteiger partial charge in [-0.3, -0.25) is 13.8 Å². The van der Waals surface area contributed by atoms with Crippen LogP contribution in [-0.4, -0.2) is 25.5 Å². The number of hydrogen-bond donors (Lipinski definition) is 0. The van der Waals surface area contributed by atoms with E-state index in [4.69, 9.17) is 4.74 Å². The van der Waals surface area contributed by atoms with Crippen LogP contribution >= 0.6 is 0 Å². The molecule has 9 heteroatoms. The van der Waals surface area contributed by atoms with Crippen molar-refractivity contribution < 1.29 is 17.9 Å². The van der Waals surface area contributed by atoms with E-state index in [-0.39, 0.29) is 18.0 Å². The second kappa shape index (κ2) is 7.70. The molecule has 2 heterocycles. The maximum absolute atomic E-state index is 13.4. The average Bonchev–Trinajstić information content (AvgIpc) is 3.34. The minimum Gasteiger partial charge on any atom is -0.493 e. The number of halogens is 3. The third-order valence-electron chi connectivity index (χ3n) is 5.16. The summed E-state index contributed by atoms with van der Waals surface area (Å²) in [5, 5.41) is 4.19. The van der Waals surface area contributed by atoms with Crippen molar-refractivity contribution in [3.05, 3.63) is 64.1 Å². The summed E-state index contributed by atoms with van der Waals surface area (Å²) in [5.74, 6) is 0.521. The van der Waals surface area contributed by atoms with Gasteiger partial charge in [-0.1, -0.05) is 0 Å². The van der Waals surface area contributed by atoms with E-state index < -0.39 is 17.4 Å². The molecule has 0 radical (unpaired) electrons. The minimum absolute atomic E-state index is 0.120. The minimum atomic E-state index is -4.54. The Morgan fingerprint density at radius 2 is 1.97 bits per heavy atom. The number of nitrogens with zero attached hydrogens (tertiary/aromatic N) is 4. The van der Waals surface area contributed by atoms with Crippen LogP contribution in [0.4, 0.5) is 13.2 Å². The molecule has 6 nitrogen and oxygen atoms in total.